The van der Waals surface area contributed by atoms with Crippen LogP contribution < -0.4 is 0 Å². The van der Waals surface area contributed by atoms with E-state index in [-0.39, 0.29) is 12.5 Å². The first-order valence-electron chi connectivity index (χ1n) is 2.30. The van der Waals surface area contributed by atoms with Crippen LogP contribution >= 0.6 is 11.6 Å². The third kappa shape index (κ3) is 5.17. The molecule has 0 radical (unpaired) electrons. The molecule has 0 aromatic rings. The monoisotopic (exact) mass is 168 g/mol. The van der Waals surface area contributed by atoms with Gasteiger partial charge in [-0.1, -0.05) is 0 Å². The first-order valence-corrected chi connectivity index (χ1v) is 2.83. The van der Waals surface area contributed by atoms with Gasteiger partial charge in [0.25, 0.3) is 0 Å². The molecule has 1 N–H and O–H groups in total. The lowest BCUT2D eigenvalue weighted by molar-refractivity contribution is 0.0580. The minimum Gasteiger partial charge on any atom is -0.449 e. The van der Waals surface area contributed by atoms with E-state index in [0.29, 0.717) is 0 Å². The standard InChI is InChI=1S/C4H5ClO5/c5-1-2-9-4(8)10-3(6)7/h1-2H2,(H,6,7). The molecule has 0 spiro atoms. The number of rotatable bonds is 2. The van der Waals surface area contributed by atoms with Crippen LogP contribution in [0, 0.1) is 0 Å². The molecule has 0 atom stereocenters. The Bertz CT molecular complexity index is 134. The minimum atomic E-state index is -1.69. The van der Waals surface area contributed by atoms with Crippen molar-refractivity contribution in [3.8, 4) is 0 Å². The fourth-order valence-electron chi connectivity index (χ4n) is 0.223. The lowest BCUT2D eigenvalue weighted by Gasteiger charge is -1.97. The predicted molar refractivity (Wildman–Crippen MR) is 31.2 cm³/mol. The second-order valence-corrected chi connectivity index (χ2v) is 1.53. The maximum atomic E-state index is 10.1. The molecule has 0 rings (SSSR count). The second kappa shape index (κ2) is 4.87. The zero-order valence-electron chi connectivity index (χ0n) is 4.87. The number of hydrogen-bond acceptors (Lipinski definition) is 4. The van der Waals surface area contributed by atoms with Gasteiger partial charge in [0, 0.05) is 0 Å². The van der Waals surface area contributed by atoms with Crippen molar-refractivity contribution in [1.29, 1.82) is 0 Å². The average molecular weight is 169 g/mol. The number of carboxylic acid groups (broad SMARTS) is 1. The molecule has 0 heterocycles. The van der Waals surface area contributed by atoms with Gasteiger partial charge in [-0.25, -0.2) is 9.59 Å². The maximum Gasteiger partial charge on any atom is 0.518 e. The van der Waals surface area contributed by atoms with Crippen molar-refractivity contribution in [3.63, 3.8) is 0 Å². The highest BCUT2D eigenvalue weighted by molar-refractivity contribution is 6.18. The number of hydrogen-bond donors (Lipinski definition) is 1. The molecule has 0 saturated carbocycles. The van der Waals surface area contributed by atoms with E-state index in [1.807, 2.05) is 0 Å². The molecule has 0 amide bonds. The van der Waals surface area contributed by atoms with E-state index >= 15 is 0 Å². The summed E-state index contributed by atoms with van der Waals surface area (Å²) in [6.07, 6.45) is -2.95. The molecule has 0 saturated heterocycles. The largest absolute Gasteiger partial charge is 0.518 e. The molecule has 10 heavy (non-hydrogen) atoms. The summed E-state index contributed by atoms with van der Waals surface area (Å²) < 4.78 is 7.68. The summed E-state index contributed by atoms with van der Waals surface area (Å²) in [6.45, 7) is -0.0618. The molecule has 0 aromatic heterocycles. The molecule has 5 nitrogen and oxygen atoms in total. The Balaban J connectivity index is 3.35. The van der Waals surface area contributed by atoms with E-state index in [1.165, 1.54) is 0 Å². The third-order valence-electron chi connectivity index (χ3n) is 0.468. The Hall–Kier alpha value is -0.970. The van der Waals surface area contributed by atoms with Gasteiger partial charge < -0.3 is 14.6 Å². The summed E-state index contributed by atoms with van der Waals surface area (Å²) in [6, 6.07) is 0. The van der Waals surface area contributed by atoms with E-state index in [1.54, 1.807) is 0 Å². The smallest absolute Gasteiger partial charge is 0.449 e. The van der Waals surface area contributed by atoms with Gasteiger partial charge in [-0.2, -0.15) is 0 Å². The van der Waals surface area contributed by atoms with Crippen LogP contribution in [-0.4, -0.2) is 29.9 Å². The highest BCUT2D eigenvalue weighted by Crippen LogP contribution is 1.86. The van der Waals surface area contributed by atoms with Crippen LogP contribution in [0.2, 0.25) is 0 Å². The highest BCUT2D eigenvalue weighted by atomic mass is 35.5. The topological polar surface area (TPSA) is 72.8 Å². The normalized spacial score (nSPS) is 8.50. The minimum absolute atomic E-state index is 0.0618. The van der Waals surface area contributed by atoms with Crippen LogP contribution in [0.3, 0.4) is 0 Å². The number of ether oxygens (including phenoxy) is 2. The van der Waals surface area contributed by atoms with Crippen molar-refractivity contribution in [2.24, 2.45) is 0 Å². The summed E-state index contributed by atoms with van der Waals surface area (Å²) in [5, 5.41) is 7.83. The molecule has 0 aliphatic rings. The molecule has 0 bridgehead atoms. The lowest BCUT2D eigenvalue weighted by Crippen LogP contribution is -2.12. The van der Waals surface area contributed by atoms with Crippen molar-refractivity contribution in [2.75, 3.05) is 12.5 Å². The molecule has 0 aromatic carbocycles. The SMILES string of the molecule is O=C(O)OC(=O)OCCCl. The zero-order chi connectivity index (χ0) is 7.98. The first-order chi connectivity index (χ1) is 4.66. The van der Waals surface area contributed by atoms with Gasteiger partial charge in [0.05, 0.1) is 5.88 Å². The lowest BCUT2D eigenvalue weighted by atomic mass is 10.9. The fraction of sp³-hybridized carbons (Fsp3) is 0.500. The first kappa shape index (κ1) is 9.03. The van der Waals surface area contributed by atoms with Gasteiger partial charge in [0.1, 0.15) is 6.61 Å². The maximum absolute atomic E-state index is 10.1. The Morgan fingerprint density at radius 1 is 1.50 bits per heavy atom. The summed E-state index contributed by atoms with van der Waals surface area (Å²) >= 11 is 5.10. The number of carbonyl (C=O) groups is 2. The van der Waals surface area contributed by atoms with Crippen LogP contribution in [0.1, 0.15) is 0 Å². The molecule has 0 fully saturated rings. The van der Waals surface area contributed by atoms with Crippen LogP contribution in [0.25, 0.3) is 0 Å². The van der Waals surface area contributed by atoms with Crippen molar-refractivity contribution in [2.45, 2.75) is 0 Å². The Morgan fingerprint density at radius 3 is 2.50 bits per heavy atom. The fourth-order valence-corrected chi connectivity index (χ4v) is 0.300. The van der Waals surface area contributed by atoms with E-state index in [2.05, 4.69) is 9.47 Å². The quantitative estimate of drug-likeness (QED) is 0.379. The molecular formula is C4H5ClO5. The Kier molecular flexibility index (Phi) is 4.39. The second-order valence-electron chi connectivity index (χ2n) is 1.16. The van der Waals surface area contributed by atoms with Gasteiger partial charge in [-0.3, -0.25) is 0 Å². The van der Waals surface area contributed by atoms with E-state index in [9.17, 15) is 9.59 Å². The van der Waals surface area contributed by atoms with Crippen LogP contribution in [0.4, 0.5) is 9.59 Å². The molecule has 6 heteroatoms. The average Bonchev–Trinajstić information content (AvgIpc) is 1.82. The van der Waals surface area contributed by atoms with Gasteiger partial charge in [-0.15, -0.1) is 11.6 Å². The van der Waals surface area contributed by atoms with Crippen LogP contribution in [0.5, 0.6) is 0 Å². The van der Waals surface area contributed by atoms with Gasteiger partial charge in [-0.05, 0) is 0 Å². The summed E-state index contributed by atoms with van der Waals surface area (Å²) in [5.74, 6) is 0.106. The Labute approximate surface area is 61.5 Å². The Morgan fingerprint density at radius 2 is 2.10 bits per heavy atom. The van der Waals surface area contributed by atoms with E-state index < -0.39 is 12.3 Å². The number of carbonyl (C=O) groups excluding carboxylic acids is 1. The van der Waals surface area contributed by atoms with E-state index in [0.717, 1.165) is 0 Å². The van der Waals surface area contributed by atoms with Crippen molar-refractivity contribution in [3.05, 3.63) is 0 Å². The predicted octanol–water partition coefficient (Wildman–Crippen LogP) is 1.06. The van der Waals surface area contributed by atoms with Crippen LogP contribution in [0.15, 0.2) is 0 Å². The molecule has 0 aliphatic heterocycles. The zero-order valence-corrected chi connectivity index (χ0v) is 5.63. The summed E-state index contributed by atoms with van der Waals surface area (Å²) in [7, 11) is 0. The van der Waals surface area contributed by atoms with Gasteiger partial charge >= 0.3 is 12.3 Å². The highest BCUT2D eigenvalue weighted by Gasteiger charge is 2.07. The molecule has 58 valence electrons. The summed E-state index contributed by atoms with van der Waals surface area (Å²) in [5.41, 5.74) is 0. The molecule has 0 unspecified atom stereocenters. The molecular weight excluding hydrogens is 163 g/mol. The van der Waals surface area contributed by atoms with E-state index in [4.69, 9.17) is 16.7 Å². The number of alkyl halides is 1. The van der Waals surface area contributed by atoms with Gasteiger partial charge in [0.2, 0.25) is 0 Å². The third-order valence-corrected chi connectivity index (χ3v) is 0.622. The van der Waals surface area contributed by atoms with Crippen molar-refractivity contribution < 1.29 is 24.2 Å². The van der Waals surface area contributed by atoms with Gasteiger partial charge in [0.15, 0.2) is 0 Å². The van der Waals surface area contributed by atoms with Crippen molar-refractivity contribution in [1.82, 2.24) is 0 Å². The summed E-state index contributed by atoms with van der Waals surface area (Å²) in [4.78, 5) is 19.7. The number of halogens is 1. The molecule has 0 aliphatic carbocycles. The van der Waals surface area contributed by atoms with Crippen LogP contribution in [-0.2, 0) is 9.47 Å². The van der Waals surface area contributed by atoms with Crippen molar-refractivity contribution >= 4 is 23.9 Å².